The highest BCUT2D eigenvalue weighted by molar-refractivity contribution is 5.87. The van der Waals surface area contributed by atoms with E-state index < -0.39 is 24.0 Å². The zero-order chi connectivity index (χ0) is 26.1. The number of ether oxygens (including phenoxy) is 1. The highest BCUT2D eigenvalue weighted by atomic mass is 16.5. The molecule has 0 radical (unpaired) electrons. The highest BCUT2D eigenvalue weighted by Crippen LogP contribution is 2.26. The van der Waals surface area contributed by atoms with E-state index in [1.807, 2.05) is 68.4 Å². The van der Waals surface area contributed by atoms with Crippen LogP contribution in [0.3, 0.4) is 0 Å². The maximum absolute atomic E-state index is 13.9. The fraction of sp³-hybridized carbons (Fsp3) is 0.483. The monoisotopic (exact) mass is 494 g/mol. The third-order valence-electron chi connectivity index (χ3n) is 6.60. The van der Waals surface area contributed by atoms with E-state index in [1.165, 1.54) is 4.90 Å². The Morgan fingerprint density at radius 2 is 1.61 bits per heavy atom. The molecule has 2 N–H and O–H groups in total. The molecule has 7 heteroatoms. The predicted octanol–water partition coefficient (Wildman–Crippen LogP) is 3.64. The summed E-state index contributed by atoms with van der Waals surface area (Å²) in [5.74, 6) is -1.56. The minimum absolute atomic E-state index is 0.163. The first-order valence-corrected chi connectivity index (χ1v) is 12.8. The van der Waals surface area contributed by atoms with Crippen LogP contribution >= 0.6 is 0 Å². The Hall–Kier alpha value is -3.19. The molecule has 2 aromatic carbocycles. The normalized spacial score (nSPS) is 14.8. The Morgan fingerprint density at radius 1 is 1.00 bits per heavy atom. The van der Waals surface area contributed by atoms with Gasteiger partial charge in [-0.15, -0.1) is 0 Å². The number of carboxylic acids is 1. The minimum Gasteiger partial charge on any atom is -0.480 e. The molecule has 0 aliphatic heterocycles. The summed E-state index contributed by atoms with van der Waals surface area (Å²) in [6.45, 7) is 5.66. The first-order chi connectivity index (χ1) is 17.3. The van der Waals surface area contributed by atoms with Crippen molar-refractivity contribution in [2.75, 3.05) is 13.2 Å². The van der Waals surface area contributed by atoms with Crippen molar-refractivity contribution in [3.8, 4) is 0 Å². The zero-order valence-electron chi connectivity index (χ0n) is 21.5. The lowest BCUT2D eigenvalue weighted by Crippen LogP contribution is -2.56. The molecular weight excluding hydrogens is 456 g/mol. The molecule has 3 rings (SSSR count). The summed E-state index contributed by atoms with van der Waals surface area (Å²) < 4.78 is 5.32. The lowest BCUT2D eigenvalue weighted by Gasteiger charge is -2.33. The number of rotatable bonds is 13. The number of esters is 1. The number of benzene rings is 2. The maximum atomic E-state index is 13.9. The van der Waals surface area contributed by atoms with Gasteiger partial charge in [-0.25, -0.2) is 0 Å². The van der Waals surface area contributed by atoms with E-state index in [4.69, 9.17) is 4.74 Å². The Balaban J connectivity index is 1.81. The van der Waals surface area contributed by atoms with Crippen molar-refractivity contribution in [1.82, 2.24) is 10.2 Å². The predicted molar refractivity (Wildman–Crippen MR) is 139 cm³/mol. The molecular formula is C29H38N2O5. The zero-order valence-corrected chi connectivity index (χ0v) is 21.5. The number of aryl methyl sites for hydroxylation is 1. The van der Waals surface area contributed by atoms with E-state index in [2.05, 4.69) is 5.32 Å². The largest absolute Gasteiger partial charge is 0.480 e. The van der Waals surface area contributed by atoms with Crippen molar-refractivity contribution in [2.45, 2.75) is 71.0 Å². The summed E-state index contributed by atoms with van der Waals surface area (Å²) in [6, 6.07) is 16.3. The van der Waals surface area contributed by atoms with Crippen LogP contribution in [0.1, 0.15) is 50.3 Å². The van der Waals surface area contributed by atoms with E-state index in [0.29, 0.717) is 32.1 Å². The van der Waals surface area contributed by atoms with Crippen LogP contribution in [0.4, 0.5) is 0 Å². The molecule has 36 heavy (non-hydrogen) atoms. The van der Waals surface area contributed by atoms with Crippen LogP contribution in [0.25, 0.3) is 0 Å². The molecule has 7 nitrogen and oxygen atoms in total. The quantitative estimate of drug-likeness (QED) is 0.413. The van der Waals surface area contributed by atoms with Crippen molar-refractivity contribution in [3.05, 3.63) is 71.3 Å². The smallest absolute Gasteiger partial charge is 0.323 e. The number of amides is 1. The molecule has 0 spiro atoms. The third kappa shape index (κ3) is 7.65. The number of carbonyl (C=O) groups is 3. The van der Waals surface area contributed by atoms with E-state index in [0.717, 1.165) is 16.7 Å². The Kier molecular flexibility index (Phi) is 10.1. The second-order valence-electron chi connectivity index (χ2n) is 9.87. The van der Waals surface area contributed by atoms with Crippen molar-refractivity contribution >= 4 is 17.8 Å². The second-order valence-corrected chi connectivity index (χ2v) is 9.87. The number of aliphatic carboxylic acids is 1. The third-order valence-corrected chi connectivity index (χ3v) is 6.60. The second kappa shape index (κ2) is 13.2. The van der Waals surface area contributed by atoms with E-state index in [-0.39, 0.29) is 31.0 Å². The summed E-state index contributed by atoms with van der Waals surface area (Å²) in [5.41, 5.74) is 3.38. The summed E-state index contributed by atoms with van der Waals surface area (Å²) in [5, 5.41) is 12.9. The van der Waals surface area contributed by atoms with Crippen LogP contribution in [0.15, 0.2) is 54.6 Å². The molecule has 0 aromatic heterocycles. The van der Waals surface area contributed by atoms with Crippen LogP contribution in [-0.2, 0) is 38.4 Å². The summed E-state index contributed by atoms with van der Waals surface area (Å²) in [6.07, 6.45) is 2.85. The Labute approximate surface area is 213 Å². The van der Waals surface area contributed by atoms with Crippen molar-refractivity contribution in [3.63, 3.8) is 0 Å². The van der Waals surface area contributed by atoms with Gasteiger partial charge in [-0.3, -0.25) is 19.7 Å². The first-order valence-electron chi connectivity index (χ1n) is 12.8. The number of nitrogens with zero attached hydrogens (tertiary/aromatic N) is 1. The molecule has 1 aliphatic carbocycles. The van der Waals surface area contributed by atoms with E-state index >= 15 is 0 Å². The van der Waals surface area contributed by atoms with E-state index in [9.17, 15) is 19.5 Å². The van der Waals surface area contributed by atoms with Gasteiger partial charge in [0.25, 0.3) is 0 Å². The van der Waals surface area contributed by atoms with Gasteiger partial charge in [0.2, 0.25) is 5.91 Å². The minimum atomic E-state index is -1.05. The SMILES string of the molecule is CCOC(=O)C(CCc1ccccc1)N[C@@H](CC(C)C)C(=O)N(CC(=O)O)C1Cc2ccccc2C1. The van der Waals surface area contributed by atoms with Gasteiger partial charge in [-0.2, -0.15) is 0 Å². The number of carbonyl (C=O) groups excluding carboxylic acids is 2. The van der Waals surface area contributed by atoms with Gasteiger partial charge in [0.1, 0.15) is 12.6 Å². The number of carboxylic acid groups (broad SMARTS) is 1. The molecule has 0 fully saturated rings. The van der Waals surface area contributed by atoms with Gasteiger partial charge in [0, 0.05) is 6.04 Å². The van der Waals surface area contributed by atoms with Gasteiger partial charge < -0.3 is 14.7 Å². The number of nitrogens with one attached hydrogen (secondary N) is 1. The average Bonchev–Trinajstić information content (AvgIpc) is 3.28. The molecule has 0 saturated carbocycles. The summed E-state index contributed by atoms with van der Waals surface area (Å²) in [4.78, 5) is 40.0. The Bertz CT molecular complexity index is 998. The molecule has 0 saturated heterocycles. The molecule has 0 bridgehead atoms. The van der Waals surface area contributed by atoms with Crippen LogP contribution in [-0.4, -0.2) is 59.1 Å². The van der Waals surface area contributed by atoms with Gasteiger partial charge in [0.05, 0.1) is 12.6 Å². The fourth-order valence-corrected chi connectivity index (χ4v) is 4.91. The fourth-order valence-electron chi connectivity index (χ4n) is 4.91. The van der Waals surface area contributed by atoms with Gasteiger partial charge in [-0.05, 0) is 61.6 Å². The molecule has 0 heterocycles. The van der Waals surface area contributed by atoms with Crippen molar-refractivity contribution in [1.29, 1.82) is 0 Å². The summed E-state index contributed by atoms with van der Waals surface area (Å²) in [7, 11) is 0. The topological polar surface area (TPSA) is 95.9 Å². The molecule has 194 valence electrons. The van der Waals surface area contributed by atoms with Gasteiger partial charge in [-0.1, -0.05) is 68.4 Å². The molecule has 2 aromatic rings. The lowest BCUT2D eigenvalue weighted by atomic mass is 9.98. The van der Waals surface area contributed by atoms with E-state index in [1.54, 1.807) is 6.92 Å². The summed E-state index contributed by atoms with van der Waals surface area (Å²) >= 11 is 0. The van der Waals surface area contributed by atoms with Gasteiger partial charge >= 0.3 is 11.9 Å². The Morgan fingerprint density at radius 3 is 2.17 bits per heavy atom. The number of fused-ring (bicyclic) bond motifs is 1. The lowest BCUT2D eigenvalue weighted by molar-refractivity contribution is -0.149. The molecule has 2 atom stereocenters. The van der Waals surface area contributed by atoms with Crippen LogP contribution in [0.2, 0.25) is 0 Å². The first kappa shape index (κ1) is 27.4. The molecule has 1 amide bonds. The highest BCUT2D eigenvalue weighted by Gasteiger charge is 2.36. The van der Waals surface area contributed by atoms with Crippen molar-refractivity contribution < 1.29 is 24.2 Å². The number of hydrogen-bond acceptors (Lipinski definition) is 5. The number of hydrogen-bond donors (Lipinski definition) is 2. The maximum Gasteiger partial charge on any atom is 0.323 e. The van der Waals surface area contributed by atoms with Crippen molar-refractivity contribution in [2.24, 2.45) is 5.92 Å². The van der Waals surface area contributed by atoms with Crippen LogP contribution < -0.4 is 5.32 Å². The molecule has 1 unspecified atom stereocenters. The van der Waals surface area contributed by atoms with Crippen LogP contribution in [0.5, 0.6) is 0 Å². The van der Waals surface area contributed by atoms with Gasteiger partial charge in [0.15, 0.2) is 0 Å². The molecule has 1 aliphatic rings. The van der Waals surface area contributed by atoms with Crippen LogP contribution in [0, 0.1) is 5.92 Å². The standard InChI is InChI=1S/C29H38N2O5/c1-4-36-29(35)25(15-14-21-10-6-5-7-11-21)30-26(16-20(2)3)28(34)31(19-27(32)33)24-17-22-12-8-9-13-23(22)18-24/h5-13,20,24-26,30H,4,14-19H2,1-3H3,(H,32,33)/t25?,26-/m0/s1. The average molecular weight is 495 g/mol.